The van der Waals surface area contributed by atoms with Crippen LogP contribution in [0, 0.1) is 10.1 Å². The maximum Gasteiger partial charge on any atom is 0.298 e. The van der Waals surface area contributed by atoms with E-state index >= 15 is 0 Å². The van der Waals surface area contributed by atoms with Crippen LogP contribution in [0.2, 0.25) is 5.02 Å². The van der Waals surface area contributed by atoms with E-state index in [1.54, 1.807) is 12.1 Å². The molecule has 0 aromatic heterocycles. The lowest BCUT2D eigenvalue weighted by atomic mass is 10.3. The van der Waals surface area contributed by atoms with E-state index in [0.717, 1.165) is 0 Å². The van der Waals surface area contributed by atoms with Gasteiger partial charge in [0.05, 0.1) is 10.6 Å². The molecular formula is C12H8ClN3O2. The minimum atomic E-state index is -0.536. The third-order valence-corrected chi connectivity index (χ3v) is 2.40. The van der Waals surface area contributed by atoms with Gasteiger partial charge in [-0.25, -0.2) is 0 Å². The molecular weight excluding hydrogens is 254 g/mol. The molecule has 90 valence electrons. The van der Waals surface area contributed by atoms with Crippen LogP contribution >= 0.6 is 11.6 Å². The normalized spacial score (nSPS) is 10.7. The van der Waals surface area contributed by atoms with Crippen molar-refractivity contribution in [2.45, 2.75) is 0 Å². The summed E-state index contributed by atoms with van der Waals surface area (Å²) in [6.45, 7) is 0. The number of benzene rings is 2. The molecule has 0 unspecified atom stereocenters. The minimum Gasteiger partial charge on any atom is -0.258 e. The molecule has 0 aliphatic rings. The number of hydrogen-bond acceptors (Lipinski definition) is 4. The second-order valence-corrected chi connectivity index (χ2v) is 3.86. The fourth-order valence-corrected chi connectivity index (χ4v) is 1.50. The van der Waals surface area contributed by atoms with E-state index in [0.29, 0.717) is 10.7 Å². The molecule has 0 fully saturated rings. The molecule has 0 aliphatic heterocycles. The Hall–Kier alpha value is -2.27. The average Bonchev–Trinajstić information content (AvgIpc) is 2.38. The predicted octanol–water partition coefficient (Wildman–Crippen LogP) is 4.66. The monoisotopic (exact) mass is 261 g/mol. The topological polar surface area (TPSA) is 67.9 Å². The summed E-state index contributed by atoms with van der Waals surface area (Å²) < 4.78 is 0. The lowest BCUT2D eigenvalue weighted by molar-refractivity contribution is -0.384. The first-order valence-corrected chi connectivity index (χ1v) is 5.45. The third kappa shape index (κ3) is 2.89. The zero-order chi connectivity index (χ0) is 13.0. The first-order valence-electron chi connectivity index (χ1n) is 5.07. The molecule has 5 nitrogen and oxygen atoms in total. The standard InChI is InChI=1S/C12H8ClN3O2/c13-9-6-7-11(12(8-9)16(17)18)15-14-10-4-2-1-3-5-10/h1-8H/b15-14+. The average molecular weight is 262 g/mol. The van der Waals surface area contributed by atoms with Crippen molar-refractivity contribution in [3.63, 3.8) is 0 Å². The largest absolute Gasteiger partial charge is 0.298 e. The highest BCUT2D eigenvalue weighted by Gasteiger charge is 2.13. The van der Waals surface area contributed by atoms with E-state index in [4.69, 9.17) is 11.6 Å². The molecule has 0 saturated carbocycles. The van der Waals surface area contributed by atoms with Crippen molar-refractivity contribution in [2.24, 2.45) is 10.2 Å². The van der Waals surface area contributed by atoms with E-state index in [1.807, 2.05) is 18.2 Å². The summed E-state index contributed by atoms with van der Waals surface area (Å²) in [5, 5.41) is 18.9. The summed E-state index contributed by atoms with van der Waals surface area (Å²) in [6, 6.07) is 13.2. The smallest absolute Gasteiger partial charge is 0.258 e. The molecule has 0 saturated heterocycles. The van der Waals surface area contributed by atoms with Gasteiger partial charge in [-0.15, -0.1) is 5.11 Å². The molecule has 2 aromatic rings. The molecule has 2 rings (SSSR count). The summed E-state index contributed by atoms with van der Waals surface area (Å²) in [4.78, 5) is 10.3. The van der Waals surface area contributed by atoms with Crippen molar-refractivity contribution >= 4 is 28.7 Å². The van der Waals surface area contributed by atoms with Gasteiger partial charge >= 0.3 is 0 Å². The van der Waals surface area contributed by atoms with Gasteiger partial charge < -0.3 is 0 Å². The second kappa shape index (κ2) is 5.37. The zero-order valence-electron chi connectivity index (χ0n) is 9.15. The number of nitro groups is 1. The van der Waals surface area contributed by atoms with Crippen LogP contribution in [0.15, 0.2) is 58.8 Å². The van der Waals surface area contributed by atoms with Gasteiger partial charge in [-0.3, -0.25) is 10.1 Å². The third-order valence-electron chi connectivity index (χ3n) is 2.16. The van der Waals surface area contributed by atoms with Crippen molar-refractivity contribution in [3.05, 3.63) is 63.7 Å². The Balaban J connectivity index is 2.35. The highest BCUT2D eigenvalue weighted by Crippen LogP contribution is 2.31. The van der Waals surface area contributed by atoms with Crippen LogP contribution in [0.1, 0.15) is 0 Å². The Kier molecular flexibility index (Phi) is 3.64. The molecule has 0 bridgehead atoms. The molecule has 0 N–H and O–H groups in total. The SMILES string of the molecule is O=[N+]([O-])c1cc(Cl)ccc1/N=N/c1ccccc1. The first-order chi connectivity index (χ1) is 8.66. The highest BCUT2D eigenvalue weighted by molar-refractivity contribution is 6.30. The van der Waals surface area contributed by atoms with Crippen molar-refractivity contribution in [3.8, 4) is 0 Å². The van der Waals surface area contributed by atoms with Crippen LogP contribution < -0.4 is 0 Å². The van der Waals surface area contributed by atoms with E-state index in [1.165, 1.54) is 18.2 Å². The highest BCUT2D eigenvalue weighted by atomic mass is 35.5. The molecule has 0 atom stereocenters. The van der Waals surface area contributed by atoms with Crippen LogP contribution in [0.4, 0.5) is 17.1 Å². The van der Waals surface area contributed by atoms with Crippen LogP contribution in [-0.4, -0.2) is 4.92 Å². The van der Waals surface area contributed by atoms with Crippen LogP contribution in [0.25, 0.3) is 0 Å². The van der Waals surface area contributed by atoms with Crippen molar-refractivity contribution in [1.82, 2.24) is 0 Å². The first kappa shape index (κ1) is 12.2. The molecule has 0 spiro atoms. The molecule has 6 heteroatoms. The fourth-order valence-electron chi connectivity index (χ4n) is 1.33. The van der Waals surface area contributed by atoms with E-state index in [-0.39, 0.29) is 11.4 Å². The molecule has 0 radical (unpaired) electrons. The van der Waals surface area contributed by atoms with Crippen molar-refractivity contribution < 1.29 is 4.92 Å². The second-order valence-electron chi connectivity index (χ2n) is 3.43. The summed E-state index contributed by atoms with van der Waals surface area (Å²) in [5.74, 6) is 0. The Morgan fingerprint density at radius 2 is 1.78 bits per heavy atom. The maximum atomic E-state index is 10.8. The Labute approximate surface area is 108 Å². The molecule has 0 amide bonds. The van der Waals surface area contributed by atoms with Gasteiger partial charge in [0.25, 0.3) is 5.69 Å². The van der Waals surface area contributed by atoms with Crippen LogP contribution in [0.5, 0.6) is 0 Å². The summed E-state index contributed by atoms with van der Waals surface area (Å²) in [7, 11) is 0. The van der Waals surface area contributed by atoms with E-state index < -0.39 is 4.92 Å². The lowest BCUT2D eigenvalue weighted by Gasteiger charge is -1.97. The predicted molar refractivity (Wildman–Crippen MR) is 68.7 cm³/mol. The molecule has 2 aromatic carbocycles. The van der Waals surface area contributed by atoms with Gasteiger partial charge in [-0.1, -0.05) is 29.8 Å². The Morgan fingerprint density at radius 3 is 2.44 bits per heavy atom. The summed E-state index contributed by atoms with van der Waals surface area (Å²) in [6.07, 6.45) is 0. The van der Waals surface area contributed by atoms with E-state index in [2.05, 4.69) is 10.2 Å². The van der Waals surface area contributed by atoms with Crippen LogP contribution in [-0.2, 0) is 0 Å². The number of halogens is 1. The fraction of sp³-hybridized carbons (Fsp3) is 0. The number of nitro benzene ring substituents is 1. The number of nitrogens with zero attached hydrogens (tertiary/aromatic N) is 3. The lowest BCUT2D eigenvalue weighted by Crippen LogP contribution is -1.87. The summed E-state index contributed by atoms with van der Waals surface area (Å²) >= 11 is 5.70. The Morgan fingerprint density at radius 1 is 1.06 bits per heavy atom. The van der Waals surface area contributed by atoms with Gasteiger partial charge in [-0.2, -0.15) is 5.11 Å². The summed E-state index contributed by atoms with van der Waals surface area (Å²) in [5.41, 5.74) is 0.636. The van der Waals surface area contributed by atoms with Gasteiger partial charge in [0, 0.05) is 11.1 Å². The minimum absolute atomic E-state index is 0.165. The van der Waals surface area contributed by atoms with Gasteiger partial charge in [0.15, 0.2) is 5.69 Å². The van der Waals surface area contributed by atoms with E-state index in [9.17, 15) is 10.1 Å². The van der Waals surface area contributed by atoms with Crippen LogP contribution in [0.3, 0.4) is 0 Å². The van der Waals surface area contributed by atoms with Crippen molar-refractivity contribution in [2.75, 3.05) is 0 Å². The Bertz CT molecular complexity index is 600. The number of azo groups is 1. The van der Waals surface area contributed by atoms with Gasteiger partial charge in [-0.05, 0) is 24.3 Å². The zero-order valence-corrected chi connectivity index (χ0v) is 9.91. The van der Waals surface area contributed by atoms with Gasteiger partial charge in [0.1, 0.15) is 0 Å². The van der Waals surface area contributed by atoms with Crippen molar-refractivity contribution in [1.29, 1.82) is 0 Å². The number of hydrogen-bond donors (Lipinski definition) is 0. The number of rotatable bonds is 3. The molecule has 0 aliphatic carbocycles. The molecule has 0 heterocycles. The quantitative estimate of drug-likeness (QED) is 0.458. The maximum absolute atomic E-state index is 10.8. The molecule has 18 heavy (non-hydrogen) atoms. The van der Waals surface area contributed by atoms with Gasteiger partial charge in [0.2, 0.25) is 0 Å².